The lowest BCUT2D eigenvalue weighted by Gasteiger charge is -2.06. The Bertz CT molecular complexity index is 546. The summed E-state index contributed by atoms with van der Waals surface area (Å²) in [4.78, 5) is 0. The van der Waals surface area contributed by atoms with Gasteiger partial charge in [0.15, 0.2) is 0 Å². The van der Waals surface area contributed by atoms with Crippen LogP contribution in [0, 0.1) is 11.3 Å². The number of nitrogens with two attached hydrogens (primary N) is 1. The Morgan fingerprint density at radius 1 is 1.35 bits per heavy atom. The first-order valence-corrected chi connectivity index (χ1v) is 5.53. The summed E-state index contributed by atoms with van der Waals surface area (Å²) >= 11 is 0. The zero-order valence-electron chi connectivity index (χ0n) is 9.72. The molecule has 0 fully saturated rings. The van der Waals surface area contributed by atoms with Gasteiger partial charge in [-0.05, 0) is 24.1 Å². The third-order valence-corrected chi connectivity index (χ3v) is 2.73. The van der Waals surface area contributed by atoms with Crippen LogP contribution in [0.1, 0.15) is 23.7 Å². The van der Waals surface area contributed by atoms with E-state index in [1.807, 2.05) is 28.9 Å². The predicted octanol–water partition coefficient (Wildman–Crippen LogP) is 1.95. The van der Waals surface area contributed by atoms with Gasteiger partial charge in [-0.3, -0.25) is 4.68 Å². The van der Waals surface area contributed by atoms with Crippen LogP contribution in [-0.2, 0) is 13.0 Å². The molecule has 0 aliphatic heterocycles. The van der Waals surface area contributed by atoms with E-state index in [9.17, 15) is 0 Å². The Hall–Kier alpha value is -2.28. The van der Waals surface area contributed by atoms with Crippen LogP contribution in [0.15, 0.2) is 30.5 Å². The topological polar surface area (TPSA) is 67.6 Å². The monoisotopic (exact) mass is 226 g/mol. The molecule has 0 aliphatic rings. The van der Waals surface area contributed by atoms with Crippen molar-refractivity contribution in [1.82, 2.24) is 9.78 Å². The highest BCUT2D eigenvalue weighted by Gasteiger charge is 2.06. The molecule has 0 saturated carbocycles. The Morgan fingerprint density at radius 2 is 2.06 bits per heavy atom. The van der Waals surface area contributed by atoms with Gasteiger partial charge in [0.2, 0.25) is 0 Å². The number of aromatic nitrogens is 2. The van der Waals surface area contributed by atoms with Gasteiger partial charge in [0, 0.05) is 0 Å². The van der Waals surface area contributed by atoms with E-state index in [1.54, 1.807) is 6.20 Å². The largest absolute Gasteiger partial charge is 0.396 e. The highest BCUT2D eigenvalue weighted by molar-refractivity contribution is 5.41. The van der Waals surface area contributed by atoms with Crippen molar-refractivity contribution in [3.63, 3.8) is 0 Å². The molecule has 0 saturated heterocycles. The van der Waals surface area contributed by atoms with Gasteiger partial charge < -0.3 is 5.73 Å². The molecule has 86 valence electrons. The summed E-state index contributed by atoms with van der Waals surface area (Å²) < 4.78 is 1.90. The van der Waals surface area contributed by atoms with Gasteiger partial charge in [0.25, 0.3) is 0 Å². The molecule has 4 heteroatoms. The van der Waals surface area contributed by atoms with Crippen LogP contribution in [0.2, 0.25) is 0 Å². The highest BCUT2D eigenvalue weighted by atomic mass is 15.3. The summed E-state index contributed by atoms with van der Waals surface area (Å²) in [5.74, 6) is 0. The molecular weight excluding hydrogens is 212 g/mol. The Morgan fingerprint density at radius 3 is 2.65 bits per heavy atom. The molecule has 2 aromatic rings. The smallest absolute Gasteiger partial charge is 0.0991 e. The van der Waals surface area contributed by atoms with Gasteiger partial charge in [-0.25, -0.2) is 0 Å². The lowest BCUT2D eigenvalue weighted by Crippen LogP contribution is -2.06. The molecule has 0 unspecified atom stereocenters. The maximum Gasteiger partial charge on any atom is 0.0991 e. The minimum Gasteiger partial charge on any atom is -0.396 e. The first-order chi connectivity index (χ1) is 8.24. The minimum atomic E-state index is 0.671. The number of benzene rings is 1. The van der Waals surface area contributed by atoms with Crippen molar-refractivity contribution >= 4 is 5.69 Å². The summed E-state index contributed by atoms with van der Waals surface area (Å²) in [6.45, 7) is 2.74. The first-order valence-electron chi connectivity index (χ1n) is 5.53. The van der Waals surface area contributed by atoms with Crippen LogP contribution in [0.4, 0.5) is 5.69 Å². The van der Waals surface area contributed by atoms with E-state index in [-0.39, 0.29) is 0 Å². The molecule has 1 aromatic heterocycles. The molecule has 0 amide bonds. The van der Waals surface area contributed by atoms with Crippen molar-refractivity contribution in [2.45, 2.75) is 19.9 Å². The van der Waals surface area contributed by atoms with E-state index in [2.05, 4.69) is 18.1 Å². The predicted molar refractivity (Wildman–Crippen MR) is 66.3 cm³/mol. The Balaban J connectivity index is 2.22. The van der Waals surface area contributed by atoms with Crippen molar-refractivity contribution < 1.29 is 0 Å². The van der Waals surface area contributed by atoms with Crippen LogP contribution in [0.5, 0.6) is 0 Å². The van der Waals surface area contributed by atoms with Crippen LogP contribution in [0.3, 0.4) is 0 Å². The van der Waals surface area contributed by atoms with Crippen LogP contribution >= 0.6 is 0 Å². The van der Waals surface area contributed by atoms with E-state index < -0.39 is 0 Å². The second-order valence-electron chi connectivity index (χ2n) is 3.87. The summed E-state index contributed by atoms with van der Waals surface area (Å²) in [5.41, 5.74) is 9.40. The lowest BCUT2D eigenvalue weighted by molar-refractivity contribution is 0.650. The maximum atomic E-state index is 8.72. The molecule has 2 rings (SSSR count). The quantitative estimate of drug-likeness (QED) is 0.869. The number of hydrogen-bond acceptors (Lipinski definition) is 3. The average molecular weight is 226 g/mol. The van der Waals surface area contributed by atoms with Gasteiger partial charge in [-0.2, -0.15) is 10.4 Å². The maximum absolute atomic E-state index is 8.72. The summed E-state index contributed by atoms with van der Waals surface area (Å²) in [7, 11) is 0. The lowest BCUT2D eigenvalue weighted by atomic mass is 10.1. The van der Waals surface area contributed by atoms with Crippen LogP contribution in [0.25, 0.3) is 0 Å². The highest BCUT2D eigenvalue weighted by Crippen LogP contribution is 2.13. The Kier molecular flexibility index (Phi) is 3.10. The first kappa shape index (κ1) is 11.2. The van der Waals surface area contributed by atoms with Crippen LogP contribution in [-0.4, -0.2) is 9.78 Å². The molecule has 17 heavy (non-hydrogen) atoms. The molecule has 0 atom stereocenters. The third kappa shape index (κ3) is 2.28. The van der Waals surface area contributed by atoms with Crippen molar-refractivity contribution in [2.24, 2.45) is 0 Å². The average Bonchev–Trinajstić information content (AvgIpc) is 2.71. The molecule has 1 heterocycles. The molecule has 0 radical (unpaired) electrons. The molecule has 0 aliphatic carbocycles. The van der Waals surface area contributed by atoms with E-state index in [0.717, 1.165) is 23.4 Å². The second kappa shape index (κ2) is 4.71. The van der Waals surface area contributed by atoms with Crippen molar-refractivity contribution in [2.75, 3.05) is 5.73 Å². The Labute approximate surface area is 100 Å². The number of rotatable bonds is 3. The fourth-order valence-corrected chi connectivity index (χ4v) is 1.81. The van der Waals surface area contributed by atoms with Gasteiger partial charge in [-0.1, -0.05) is 19.1 Å². The van der Waals surface area contributed by atoms with Crippen LogP contribution < -0.4 is 5.73 Å². The third-order valence-electron chi connectivity index (χ3n) is 2.73. The molecule has 0 spiro atoms. The zero-order valence-corrected chi connectivity index (χ0v) is 9.72. The number of nitrogen functional groups attached to an aromatic ring is 1. The van der Waals surface area contributed by atoms with Crippen molar-refractivity contribution in [1.29, 1.82) is 5.26 Å². The number of hydrogen-bond donors (Lipinski definition) is 1. The van der Waals surface area contributed by atoms with E-state index in [0.29, 0.717) is 12.1 Å². The van der Waals surface area contributed by atoms with Crippen molar-refractivity contribution in [3.8, 4) is 6.07 Å². The second-order valence-corrected chi connectivity index (χ2v) is 3.87. The van der Waals surface area contributed by atoms with Gasteiger partial charge in [0.05, 0.1) is 35.8 Å². The summed E-state index contributed by atoms with van der Waals surface area (Å²) in [5, 5.41) is 13.0. The normalized spacial score (nSPS) is 10.1. The minimum absolute atomic E-state index is 0.671. The van der Waals surface area contributed by atoms with Gasteiger partial charge in [0.1, 0.15) is 0 Å². The molecular formula is C13H14N4. The van der Waals surface area contributed by atoms with E-state index in [1.165, 1.54) is 0 Å². The van der Waals surface area contributed by atoms with Gasteiger partial charge in [-0.15, -0.1) is 0 Å². The molecule has 1 aromatic carbocycles. The number of nitriles is 1. The summed E-state index contributed by atoms with van der Waals surface area (Å²) in [6, 6.07) is 9.61. The fraction of sp³-hybridized carbons (Fsp3) is 0.231. The van der Waals surface area contributed by atoms with Crippen molar-refractivity contribution in [3.05, 3.63) is 47.3 Å². The van der Waals surface area contributed by atoms with Gasteiger partial charge >= 0.3 is 0 Å². The standard InChI is InChI=1S/C13H14N4/c1-2-13-12(15)8-16-17(13)9-11-5-3-10(7-14)4-6-11/h3-6,8H,2,9,15H2,1H3. The molecule has 4 nitrogen and oxygen atoms in total. The zero-order chi connectivity index (χ0) is 12.3. The van der Waals surface area contributed by atoms with E-state index >= 15 is 0 Å². The number of nitrogens with zero attached hydrogens (tertiary/aromatic N) is 3. The number of anilines is 1. The molecule has 2 N–H and O–H groups in total. The summed E-state index contributed by atoms with van der Waals surface area (Å²) in [6.07, 6.45) is 2.55. The SMILES string of the molecule is CCc1c(N)cnn1Cc1ccc(C#N)cc1. The molecule has 0 bridgehead atoms. The fourth-order valence-electron chi connectivity index (χ4n) is 1.81. The van der Waals surface area contributed by atoms with E-state index in [4.69, 9.17) is 11.0 Å².